The molecule has 5 heteroatoms. The van der Waals surface area contributed by atoms with E-state index < -0.39 is 6.10 Å². The number of ether oxygens (including phenoxy) is 1. The predicted octanol–water partition coefficient (Wildman–Crippen LogP) is 1.95. The van der Waals surface area contributed by atoms with Crippen LogP contribution in [-0.4, -0.2) is 27.0 Å². The lowest BCUT2D eigenvalue weighted by molar-refractivity contribution is 0.209. The summed E-state index contributed by atoms with van der Waals surface area (Å²) in [6.45, 7) is 4.06. The highest BCUT2D eigenvalue weighted by atomic mass is 16.5. The van der Waals surface area contributed by atoms with Gasteiger partial charge in [-0.05, 0) is 26.0 Å². The molecule has 0 aromatic carbocycles. The first-order chi connectivity index (χ1) is 8.63. The topological polar surface area (TPSA) is 60.2 Å². The van der Waals surface area contributed by atoms with E-state index in [1.54, 1.807) is 36.3 Å². The number of methoxy groups -OCH3 is 1. The van der Waals surface area contributed by atoms with E-state index in [2.05, 4.69) is 10.1 Å². The Morgan fingerprint density at radius 1 is 1.39 bits per heavy atom. The third-order valence-corrected chi connectivity index (χ3v) is 2.74. The molecule has 96 valence electrons. The summed E-state index contributed by atoms with van der Waals surface area (Å²) in [5.74, 6) is 0.572. The Balaban J connectivity index is 2.32. The van der Waals surface area contributed by atoms with Crippen LogP contribution >= 0.6 is 0 Å². The molecule has 2 aromatic rings. The van der Waals surface area contributed by atoms with E-state index in [9.17, 15) is 5.11 Å². The van der Waals surface area contributed by atoms with Gasteiger partial charge in [0.25, 0.3) is 0 Å². The minimum atomic E-state index is -0.825. The molecule has 2 heterocycles. The first-order valence-electron chi connectivity index (χ1n) is 5.84. The molecule has 2 aromatic heterocycles. The van der Waals surface area contributed by atoms with Gasteiger partial charge in [0.1, 0.15) is 17.5 Å². The summed E-state index contributed by atoms with van der Waals surface area (Å²) < 4.78 is 6.99. The van der Waals surface area contributed by atoms with Gasteiger partial charge in [0.15, 0.2) is 0 Å². The number of rotatable bonds is 4. The Morgan fingerprint density at radius 2 is 2.17 bits per heavy atom. The molecule has 0 radical (unpaired) electrons. The van der Waals surface area contributed by atoms with Gasteiger partial charge in [-0.2, -0.15) is 5.10 Å². The Bertz CT molecular complexity index is 522. The molecule has 0 saturated carbocycles. The summed E-state index contributed by atoms with van der Waals surface area (Å²) in [4.78, 5) is 4.17. The zero-order chi connectivity index (χ0) is 13.1. The highest BCUT2D eigenvalue weighted by Gasteiger charge is 2.18. The van der Waals surface area contributed by atoms with Crippen molar-refractivity contribution in [1.82, 2.24) is 14.8 Å². The minimum absolute atomic E-state index is 0.261. The van der Waals surface area contributed by atoms with Crippen LogP contribution in [0.4, 0.5) is 0 Å². The van der Waals surface area contributed by atoms with Crippen LogP contribution in [0.15, 0.2) is 30.7 Å². The van der Waals surface area contributed by atoms with Crippen LogP contribution in [0.25, 0.3) is 0 Å². The Kier molecular flexibility index (Phi) is 3.62. The molecule has 0 fully saturated rings. The quantitative estimate of drug-likeness (QED) is 0.897. The lowest BCUT2D eigenvalue weighted by Crippen LogP contribution is -2.04. The average molecular weight is 247 g/mol. The number of aliphatic hydroxyl groups excluding tert-OH is 1. The molecule has 5 nitrogen and oxygen atoms in total. The van der Waals surface area contributed by atoms with Gasteiger partial charge in [-0.1, -0.05) is 0 Å². The van der Waals surface area contributed by atoms with E-state index in [-0.39, 0.29) is 6.04 Å². The average Bonchev–Trinajstić information content (AvgIpc) is 2.87. The van der Waals surface area contributed by atoms with Gasteiger partial charge < -0.3 is 9.84 Å². The summed E-state index contributed by atoms with van der Waals surface area (Å²) in [7, 11) is 1.56. The smallest absolute Gasteiger partial charge is 0.143 e. The Morgan fingerprint density at radius 3 is 2.78 bits per heavy atom. The first kappa shape index (κ1) is 12.6. The van der Waals surface area contributed by atoms with Crippen LogP contribution in [0, 0.1) is 0 Å². The molecular weight excluding hydrogens is 230 g/mol. The zero-order valence-electron chi connectivity index (χ0n) is 10.7. The maximum absolute atomic E-state index is 10.3. The zero-order valence-corrected chi connectivity index (χ0v) is 10.7. The number of hydrogen-bond donors (Lipinski definition) is 1. The molecule has 0 spiro atoms. The lowest BCUT2D eigenvalue weighted by atomic mass is 10.1. The normalized spacial score (nSPS) is 12.7. The van der Waals surface area contributed by atoms with E-state index >= 15 is 0 Å². The molecule has 1 atom stereocenters. The first-order valence-corrected chi connectivity index (χ1v) is 5.84. The van der Waals surface area contributed by atoms with E-state index in [0.29, 0.717) is 17.0 Å². The molecule has 18 heavy (non-hydrogen) atoms. The molecule has 1 unspecified atom stereocenters. The predicted molar refractivity (Wildman–Crippen MR) is 67.5 cm³/mol. The van der Waals surface area contributed by atoms with E-state index in [4.69, 9.17) is 4.74 Å². The van der Waals surface area contributed by atoms with Crippen LogP contribution in [0.2, 0.25) is 0 Å². The van der Waals surface area contributed by atoms with Crippen molar-refractivity contribution >= 4 is 0 Å². The Labute approximate surface area is 106 Å². The Hall–Kier alpha value is -1.88. The molecule has 0 saturated heterocycles. The molecule has 1 N–H and O–H groups in total. The SMILES string of the molecule is COc1cccnc1C(O)c1cnn(C(C)C)c1. The van der Waals surface area contributed by atoms with Crippen LogP contribution in [0.5, 0.6) is 5.75 Å². The highest BCUT2D eigenvalue weighted by Crippen LogP contribution is 2.27. The van der Waals surface area contributed by atoms with Crippen LogP contribution < -0.4 is 4.74 Å². The van der Waals surface area contributed by atoms with Crippen LogP contribution in [-0.2, 0) is 0 Å². The fourth-order valence-corrected chi connectivity index (χ4v) is 1.71. The molecule has 0 aliphatic rings. The van der Waals surface area contributed by atoms with Crippen molar-refractivity contribution in [2.45, 2.75) is 26.0 Å². The van der Waals surface area contributed by atoms with E-state index in [1.807, 2.05) is 20.0 Å². The molecule has 0 aliphatic carbocycles. The summed E-state index contributed by atoms with van der Waals surface area (Å²) in [5, 5.41) is 14.5. The fraction of sp³-hybridized carbons (Fsp3) is 0.385. The van der Waals surface area contributed by atoms with Gasteiger partial charge in [-0.15, -0.1) is 0 Å². The second-order valence-electron chi connectivity index (χ2n) is 4.34. The maximum Gasteiger partial charge on any atom is 0.143 e. The molecule has 0 amide bonds. The largest absolute Gasteiger partial charge is 0.495 e. The summed E-state index contributed by atoms with van der Waals surface area (Å²) in [6.07, 6.45) is 4.28. The van der Waals surface area contributed by atoms with Gasteiger partial charge in [0, 0.05) is 24.0 Å². The van der Waals surface area contributed by atoms with Gasteiger partial charge in [-0.25, -0.2) is 0 Å². The van der Waals surface area contributed by atoms with Gasteiger partial charge in [-0.3, -0.25) is 9.67 Å². The lowest BCUT2D eigenvalue weighted by Gasteiger charge is -2.11. The number of aromatic nitrogens is 3. The van der Waals surface area contributed by atoms with Crippen molar-refractivity contribution in [3.8, 4) is 5.75 Å². The second kappa shape index (κ2) is 5.18. The van der Waals surface area contributed by atoms with Crippen molar-refractivity contribution in [2.75, 3.05) is 7.11 Å². The summed E-state index contributed by atoms with van der Waals surface area (Å²) >= 11 is 0. The van der Waals surface area contributed by atoms with Crippen molar-refractivity contribution in [2.24, 2.45) is 0 Å². The number of hydrogen-bond acceptors (Lipinski definition) is 4. The van der Waals surface area contributed by atoms with Crippen LogP contribution in [0.1, 0.15) is 37.3 Å². The highest BCUT2D eigenvalue weighted by molar-refractivity contribution is 5.33. The third-order valence-electron chi connectivity index (χ3n) is 2.74. The van der Waals surface area contributed by atoms with Gasteiger partial charge >= 0.3 is 0 Å². The molecule has 2 rings (SSSR count). The number of nitrogens with zero attached hydrogens (tertiary/aromatic N) is 3. The number of aliphatic hydroxyl groups is 1. The summed E-state index contributed by atoms with van der Waals surface area (Å²) in [5.41, 5.74) is 1.21. The molecular formula is C13H17N3O2. The van der Waals surface area contributed by atoms with E-state index in [1.165, 1.54) is 0 Å². The van der Waals surface area contributed by atoms with Crippen molar-refractivity contribution in [3.63, 3.8) is 0 Å². The third kappa shape index (κ3) is 2.36. The minimum Gasteiger partial charge on any atom is -0.495 e. The van der Waals surface area contributed by atoms with Crippen LogP contribution in [0.3, 0.4) is 0 Å². The number of pyridine rings is 1. The van der Waals surface area contributed by atoms with Gasteiger partial charge in [0.2, 0.25) is 0 Å². The van der Waals surface area contributed by atoms with Crippen molar-refractivity contribution in [1.29, 1.82) is 0 Å². The molecule has 0 bridgehead atoms. The summed E-state index contributed by atoms with van der Waals surface area (Å²) in [6, 6.07) is 3.81. The van der Waals surface area contributed by atoms with E-state index in [0.717, 1.165) is 0 Å². The second-order valence-corrected chi connectivity index (χ2v) is 4.34. The standard InChI is InChI=1S/C13H17N3O2/c1-9(2)16-8-10(7-15-16)13(17)12-11(18-3)5-4-6-14-12/h4-9,13,17H,1-3H3. The maximum atomic E-state index is 10.3. The molecule has 0 aliphatic heterocycles. The fourth-order valence-electron chi connectivity index (χ4n) is 1.71. The van der Waals surface area contributed by atoms with Crippen molar-refractivity contribution in [3.05, 3.63) is 42.0 Å². The van der Waals surface area contributed by atoms with Gasteiger partial charge in [0.05, 0.1) is 13.3 Å². The monoisotopic (exact) mass is 247 g/mol. The van der Waals surface area contributed by atoms with Crippen molar-refractivity contribution < 1.29 is 9.84 Å².